The van der Waals surface area contributed by atoms with E-state index in [1.54, 1.807) is 7.11 Å². The van der Waals surface area contributed by atoms with Gasteiger partial charge in [0.25, 0.3) is 0 Å². The van der Waals surface area contributed by atoms with Gasteiger partial charge in [0.2, 0.25) is 0 Å². The van der Waals surface area contributed by atoms with Gasteiger partial charge < -0.3 is 15.0 Å². The highest BCUT2D eigenvalue weighted by atomic mass is 16.5. The van der Waals surface area contributed by atoms with Crippen molar-refractivity contribution in [2.75, 3.05) is 20.2 Å². The summed E-state index contributed by atoms with van der Waals surface area (Å²) in [6.07, 6.45) is 3.14. The minimum absolute atomic E-state index is 0.0242. The lowest BCUT2D eigenvalue weighted by molar-refractivity contribution is 0.196. The van der Waals surface area contributed by atoms with Gasteiger partial charge in [-0.2, -0.15) is 0 Å². The van der Waals surface area contributed by atoms with Crippen LogP contribution in [0.25, 0.3) is 0 Å². The van der Waals surface area contributed by atoms with Crippen LogP contribution in [0.5, 0.6) is 5.75 Å². The molecule has 1 N–H and O–H groups in total. The normalized spacial score (nSPS) is 10.2. The van der Waals surface area contributed by atoms with E-state index in [1.807, 2.05) is 29.2 Å². The number of nitrogens with one attached hydrogen (secondary N) is 1. The number of unbranched alkanes of at least 4 members (excludes halogenated alkanes) is 1. The van der Waals surface area contributed by atoms with E-state index in [4.69, 9.17) is 4.74 Å². The first kappa shape index (κ1) is 16.3. The third-order valence-electron chi connectivity index (χ3n) is 3.17. The molecule has 1 aromatic carbocycles. The van der Waals surface area contributed by atoms with Crippen molar-refractivity contribution in [2.24, 2.45) is 0 Å². The predicted octanol–water partition coefficient (Wildman–Crippen LogP) is 3.42. The number of rotatable bonds is 8. The molecular weight excluding hydrogens is 252 g/mol. The average Bonchev–Trinajstić information content (AvgIpc) is 2.49. The molecule has 0 heterocycles. The molecule has 4 heteroatoms. The summed E-state index contributed by atoms with van der Waals surface area (Å²) < 4.78 is 5.11. The average molecular weight is 278 g/mol. The molecule has 0 saturated heterocycles. The molecule has 0 unspecified atom stereocenters. The second-order valence-corrected chi connectivity index (χ2v) is 4.85. The van der Waals surface area contributed by atoms with Crippen LogP contribution < -0.4 is 10.1 Å². The van der Waals surface area contributed by atoms with Crippen LogP contribution in [0, 0.1) is 0 Å². The molecule has 0 bridgehead atoms. The lowest BCUT2D eigenvalue weighted by atomic mass is 10.2. The number of methoxy groups -OCH3 is 1. The topological polar surface area (TPSA) is 41.6 Å². The zero-order chi connectivity index (χ0) is 14.8. The molecule has 4 nitrogen and oxygen atoms in total. The molecule has 0 radical (unpaired) electrons. The molecule has 1 aromatic rings. The van der Waals surface area contributed by atoms with Gasteiger partial charge in [0.1, 0.15) is 5.75 Å². The first-order valence-electron chi connectivity index (χ1n) is 7.37. The zero-order valence-corrected chi connectivity index (χ0v) is 12.8. The summed E-state index contributed by atoms with van der Waals surface area (Å²) in [6.45, 7) is 6.43. The van der Waals surface area contributed by atoms with Crippen molar-refractivity contribution in [1.29, 1.82) is 0 Å². The smallest absolute Gasteiger partial charge is 0.317 e. The molecule has 112 valence electrons. The van der Waals surface area contributed by atoms with Crippen LogP contribution in [0.15, 0.2) is 24.3 Å². The number of carbonyl (C=O) groups excluding carboxylic acids is 1. The number of hydrogen-bond acceptors (Lipinski definition) is 2. The van der Waals surface area contributed by atoms with Crippen LogP contribution in [0.4, 0.5) is 4.79 Å². The summed E-state index contributed by atoms with van der Waals surface area (Å²) in [5.41, 5.74) is 1.08. The Morgan fingerprint density at radius 2 is 1.85 bits per heavy atom. The third kappa shape index (κ3) is 5.51. The van der Waals surface area contributed by atoms with E-state index < -0.39 is 0 Å². The Morgan fingerprint density at radius 3 is 2.40 bits per heavy atom. The number of benzene rings is 1. The van der Waals surface area contributed by atoms with Gasteiger partial charge in [0, 0.05) is 19.6 Å². The number of ether oxygens (including phenoxy) is 1. The van der Waals surface area contributed by atoms with Crippen LogP contribution in [-0.2, 0) is 6.54 Å². The van der Waals surface area contributed by atoms with E-state index in [0.717, 1.165) is 43.7 Å². The van der Waals surface area contributed by atoms with Gasteiger partial charge in [-0.25, -0.2) is 4.79 Å². The minimum Gasteiger partial charge on any atom is -0.497 e. The molecule has 0 aliphatic rings. The largest absolute Gasteiger partial charge is 0.497 e. The minimum atomic E-state index is 0.0242. The van der Waals surface area contributed by atoms with Gasteiger partial charge in [-0.1, -0.05) is 32.4 Å². The number of urea groups is 1. The monoisotopic (exact) mass is 278 g/mol. The molecular formula is C16H26N2O2. The molecule has 0 fully saturated rings. The first-order valence-corrected chi connectivity index (χ1v) is 7.37. The van der Waals surface area contributed by atoms with E-state index in [2.05, 4.69) is 19.2 Å². The van der Waals surface area contributed by atoms with Gasteiger partial charge in [-0.05, 0) is 30.5 Å². The van der Waals surface area contributed by atoms with E-state index >= 15 is 0 Å². The van der Waals surface area contributed by atoms with Gasteiger partial charge in [-0.3, -0.25) is 0 Å². The zero-order valence-electron chi connectivity index (χ0n) is 12.8. The van der Waals surface area contributed by atoms with Crippen molar-refractivity contribution < 1.29 is 9.53 Å². The number of nitrogens with zero attached hydrogens (tertiary/aromatic N) is 1. The van der Waals surface area contributed by atoms with Gasteiger partial charge in [0.15, 0.2) is 0 Å². The predicted molar refractivity (Wildman–Crippen MR) is 82.0 cm³/mol. The Morgan fingerprint density at radius 1 is 1.15 bits per heavy atom. The van der Waals surface area contributed by atoms with Crippen LogP contribution in [0.1, 0.15) is 38.7 Å². The van der Waals surface area contributed by atoms with Crippen molar-refractivity contribution >= 4 is 6.03 Å². The number of hydrogen-bond donors (Lipinski definition) is 1. The Bertz CT molecular complexity index is 390. The summed E-state index contributed by atoms with van der Waals surface area (Å²) >= 11 is 0. The van der Waals surface area contributed by atoms with Crippen molar-refractivity contribution in [3.63, 3.8) is 0 Å². The van der Waals surface area contributed by atoms with E-state index in [1.165, 1.54) is 0 Å². The SMILES string of the molecule is CCCCN(CCC)C(=O)NCc1ccc(OC)cc1. The molecule has 0 spiro atoms. The molecule has 0 aliphatic heterocycles. The van der Waals surface area contributed by atoms with Crippen molar-refractivity contribution in [3.8, 4) is 5.75 Å². The highest BCUT2D eigenvalue weighted by molar-refractivity contribution is 5.74. The summed E-state index contributed by atoms with van der Waals surface area (Å²) in [5.74, 6) is 0.829. The Hall–Kier alpha value is -1.71. The fourth-order valence-corrected chi connectivity index (χ4v) is 1.97. The number of carbonyl (C=O) groups is 1. The van der Waals surface area contributed by atoms with E-state index in [9.17, 15) is 4.79 Å². The van der Waals surface area contributed by atoms with Crippen molar-refractivity contribution in [3.05, 3.63) is 29.8 Å². The Balaban J connectivity index is 2.46. The van der Waals surface area contributed by atoms with Gasteiger partial charge in [0.05, 0.1) is 7.11 Å². The molecule has 0 saturated carbocycles. The standard InChI is InChI=1S/C16H26N2O2/c1-4-6-12-18(11-5-2)16(19)17-13-14-7-9-15(20-3)10-8-14/h7-10H,4-6,11-13H2,1-3H3,(H,17,19). The maximum atomic E-state index is 12.1. The summed E-state index contributed by atoms with van der Waals surface area (Å²) in [7, 11) is 1.65. The highest BCUT2D eigenvalue weighted by Crippen LogP contribution is 2.11. The first-order chi connectivity index (χ1) is 9.71. The Labute approximate surface area is 122 Å². The van der Waals surface area contributed by atoms with Crippen molar-refractivity contribution in [2.45, 2.75) is 39.7 Å². The second kappa shape index (κ2) is 9.23. The molecule has 20 heavy (non-hydrogen) atoms. The summed E-state index contributed by atoms with van der Waals surface area (Å²) in [6, 6.07) is 7.77. The van der Waals surface area contributed by atoms with Crippen LogP contribution in [0.3, 0.4) is 0 Å². The molecule has 2 amide bonds. The van der Waals surface area contributed by atoms with E-state index in [0.29, 0.717) is 6.54 Å². The Kier molecular flexibility index (Phi) is 7.55. The molecule has 0 aliphatic carbocycles. The van der Waals surface area contributed by atoms with Crippen molar-refractivity contribution in [1.82, 2.24) is 10.2 Å². The van der Waals surface area contributed by atoms with Gasteiger partial charge >= 0.3 is 6.03 Å². The fraction of sp³-hybridized carbons (Fsp3) is 0.562. The lowest BCUT2D eigenvalue weighted by Crippen LogP contribution is -2.40. The van der Waals surface area contributed by atoms with Crippen LogP contribution >= 0.6 is 0 Å². The highest BCUT2D eigenvalue weighted by Gasteiger charge is 2.11. The van der Waals surface area contributed by atoms with Crippen LogP contribution in [0.2, 0.25) is 0 Å². The fourth-order valence-electron chi connectivity index (χ4n) is 1.97. The van der Waals surface area contributed by atoms with Crippen LogP contribution in [-0.4, -0.2) is 31.1 Å². The molecule has 0 atom stereocenters. The quantitative estimate of drug-likeness (QED) is 0.791. The summed E-state index contributed by atoms with van der Waals surface area (Å²) in [4.78, 5) is 14.0. The molecule has 0 aromatic heterocycles. The molecule has 1 rings (SSSR count). The van der Waals surface area contributed by atoms with E-state index in [-0.39, 0.29) is 6.03 Å². The number of amides is 2. The van der Waals surface area contributed by atoms with Gasteiger partial charge in [-0.15, -0.1) is 0 Å². The maximum absolute atomic E-state index is 12.1. The lowest BCUT2D eigenvalue weighted by Gasteiger charge is -2.22. The summed E-state index contributed by atoms with van der Waals surface area (Å²) in [5, 5.41) is 2.98. The maximum Gasteiger partial charge on any atom is 0.317 e. The third-order valence-corrected chi connectivity index (χ3v) is 3.17. The second-order valence-electron chi connectivity index (χ2n) is 4.85.